The van der Waals surface area contributed by atoms with Crippen molar-refractivity contribution in [2.24, 2.45) is 0 Å². The van der Waals surface area contributed by atoms with Crippen LogP contribution in [0.15, 0.2) is 91.1 Å². The molecular formula is C27H24F2N2O. The van der Waals surface area contributed by atoms with Crippen molar-refractivity contribution in [3.63, 3.8) is 0 Å². The van der Waals surface area contributed by atoms with Gasteiger partial charge in [-0.3, -0.25) is 4.90 Å². The zero-order chi connectivity index (χ0) is 21.9. The number of benzene rings is 3. The van der Waals surface area contributed by atoms with Crippen molar-refractivity contribution in [3.05, 3.63) is 120 Å². The predicted octanol–water partition coefficient (Wildman–Crippen LogP) is 6.55. The average molecular weight is 430 g/mol. The second-order valence-electron chi connectivity index (χ2n) is 8.05. The molecule has 1 aromatic heterocycles. The second-order valence-corrected chi connectivity index (χ2v) is 8.05. The van der Waals surface area contributed by atoms with Gasteiger partial charge in [-0.1, -0.05) is 42.5 Å². The van der Waals surface area contributed by atoms with E-state index >= 15 is 0 Å². The Kier molecular flexibility index (Phi) is 5.73. The van der Waals surface area contributed by atoms with Crippen LogP contribution in [-0.4, -0.2) is 16.0 Å². The Hall–Kier alpha value is -3.44. The molecule has 5 rings (SSSR count). The Morgan fingerprint density at radius 1 is 0.812 bits per heavy atom. The lowest BCUT2D eigenvalue weighted by Crippen LogP contribution is -2.30. The number of hydrogen-bond acceptors (Lipinski definition) is 2. The highest BCUT2D eigenvalue weighted by atomic mass is 19.2. The molecule has 0 radical (unpaired) electrons. The highest BCUT2D eigenvalue weighted by molar-refractivity contribution is 5.38. The topological polar surface area (TPSA) is 17.4 Å². The van der Waals surface area contributed by atoms with Crippen LogP contribution in [0.25, 0.3) is 0 Å². The number of para-hydroxylation sites is 1. The van der Waals surface area contributed by atoms with Gasteiger partial charge in [-0.2, -0.15) is 0 Å². The van der Waals surface area contributed by atoms with Crippen LogP contribution in [-0.2, 0) is 13.1 Å². The minimum absolute atomic E-state index is 0.102. The van der Waals surface area contributed by atoms with Gasteiger partial charge in [-0.25, -0.2) is 8.78 Å². The summed E-state index contributed by atoms with van der Waals surface area (Å²) in [5, 5.41) is 0. The van der Waals surface area contributed by atoms with Gasteiger partial charge in [-0.05, 0) is 54.4 Å². The van der Waals surface area contributed by atoms with Crippen LogP contribution < -0.4 is 4.74 Å². The number of nitrogens with zero attached hydrogens (tertiary/aromatic N) is 2. The summed E-state index contributed by atoms with van der Waals surface area (Å²) in [6, 6.07) is 26.1. The highest BCUT2D eigenvalue weighted by Gasteiger charge is 2.28. The van der Waals surface area contributed by atoms with Crippen molar-refractivity contribution in [1.29, 1.82) is 0 Å². The van der Waals surface area contributed by atoms with Gasteiger partial charge in [0.2, 0.25) is 0 Å². The molecule has 1 aliphatic heterocycles. The van der Waals surface area contributed by atoms with Crippen LogP contribution in [0.3, 0.4) is 0 Å². The molecule has 0 bridgehead atoms. The van der Waals surface area contributed by atoms with Crippen LogP contribution in [0.5, 0.6) is 11.5 Å². The molecule has 0 amide bonds. The summed E-state index contributed by atoms with van der Waals surface area (Å²) in [6.45, 7) is 1.98. The third-order valence-corrected chi connectivity index (χ3v) is 5.91. The molecule has 1 atom stereocenters. The van der Waals surface area contributed by atoms with E-state index in [1.165, 1.54) is 0 Å². The number of aromatic nitrogens is 1. The smallest absolute Gasteiger partial charge is 0.163 e. The number of hydrogen-bond donors (Lipinski definition) is 0. The van der Waals surface area contributed by atoms with E-state index in [-0.39, 0.29) is 6.04 Å². The number of halogens is 2. The van der Waals surface area contributed by atoms with E-state index in [9.17, 15) is 8.78 Å². The van der Waals surface area contributed by atoms with E-state index in [0.29, 0.717) is 12.1 Å². The van der Waals surface area contributed by atoms with Gasteiger partial charge in [-0.15, -0.1) is 0 Å². The fourth-order valence-corrected chi connectivity index (χ4v) is 4.45. The van der Waals surface area contributed by atoms with Crippen molar-refractivity contribution < 1.29 is 13.5 Å². The lowest BCUT2D eigenvalue weighted by atomic mass is 10.0. The van der Waals surface area contributed by atoms with Gasteiger partial charge in [0.05, 0.1) is 6.04 Å². The van der Waals surface area contributed by atoms with Crippen LogP contribution >= 0.6 is 0 Å². The third kappa shape index (κ3) is 4.16. The van der Waals surface area contributed by atoms with Gasteiger partial charge >= 0.3 is 0 Å². The van der Waals surface area contributed by atoms with E-state index in [0.717, 1.165) is 48.3 Å². The van der Waals surface area contributed by atoms with Gasteiger partial charge in [0.15, 0.2) is 11.6 Å². The largest absolute Gasteiger partial charge is 0.457 e. The number of ether oxygens (including phenoxy) is 1. The monoisotopic (exact) mass is 430 g/mol. The van der Waals surface area contributed by atoms with Crippen molar-refractivity contribution in [1.82, 2.24) is 9.47 Å². The molecule has 0 spiro atoms. The van der Waals surface area contributed by atoms with E-state index in [1.807, 2.05) is 54.6 Å². The van der Waals surface area contributed by atoms with E-state index in [1.54, 1.807) is 12.1 Å². The maximum absolute atomic E-state index is 14.5. The molecule has 0 fully saturated rings. The molecule has 0 aliphatic carbocycles. The van der Waals surface area contributed by atoms with E-state index in [4.69, 9.17) is 4.74 Å². The highest BCUT2D eigenvalue weighted by Crippen LogP contribution is 2.35. The van der Waals surface area contributed by atoms with Crippen LogP contribution in [0.2, 0.25) is 0 Å². The Balaban J connectivity index is 1.52. The number of fused-ring (bicyclic) bond motifs is 1. The summed E-state index contributed by atoms with van der Waals surface area (Å²) >= 11 is 0. The molecule has 5 heteroatoms. The molecule has 0 saturated carbocycles. The Bertz CT molecular complexity index is 1210. The Labute approximate surface area is 186 Å². The fraction of sp³-hybridized carbons (Fsp3) is 0.185. The molecule has 32 heavy (non-hydrogen) atoms. The zero-order valence-corrected chi connectivity index (χ0v) is 17.6. The second kappa shape index (κ2) is 8.97. The van der Waals surface area contributed by atoms with Gasteiger partial charge in [0.1, 0.15) is 11.5 Å². The molecule has 1 unspecified atom stereocenters. The standard InChI is InChI=1S/C27H24F2N2O/c28-24-13-5-9-21(26(24)29)19-31-17-7-16-30-15-6-14-25(30)27(31)20-8-4-12-23(18-20)32-22-10-2-1-3-11-22/h1-6,8-15,18,27H,7,16-17,19H2. The summed E-state index contributed by atoms with van der Waals surface area (Å²) < 4.78 is 36.7. The van der Waals surface area contributed by atoms with Crippen LogP contribution in [0, 0.1) is 11.6 Å². The molecule has 2 heterocycles. The lowest BCUT2D eigenvalue weighted by Gasteiger charge is -2.31. The van der Waals surface area contributed by atoms with E-state index < -0.39 is 11.6 Å². The maximum atomic E-state index is 14.5. The first-order valence-electron chi connectivity index (χ1n) is 10.8. The maximum Gasteiger partial charge on any atom is 0.163 e. The predicted molar refractivity (Wildman–Crippen MR) is 121 cm³/mol. The molecule has 4 aromatic rings. The van der Waals surface area contributed by atoms with Gasteiger partial charge in [0.25, 0.3) is 0 Å². The van der Waals surface area contributed by atoms with Crippen molar-refractivity contribution in [3.8, 4) is 11.5 Å². The molecule has 1 aliphatic rings. The minimum Gasteiger partial charge on any atom is -0.457 e. The van der Waals surface area contributed by atoms with E-state index in [2.05, 4.69) is 27.8 Å². The Morgan fingerprint density at radius 3 is 2.50 bits per heavy atom. The molecule has 3 aromatic carbocycles. The molecule has 3 nitrogen and oxygen atoms in total. The first-order valence-corrected chi connectivity index (χ1v) is 10.8. The number of rotatable bonds is 5. The average Bonchev–Trinajstić information content (AvgIpc) is 3.19. The third-order valence-electron chi connectivity index (χ3n) is 5.91. The molecule has 162 valence electrons. The molecular weight excluding hydrogens is 406 g/mol. The van der Waals surface area contributed by atoms with Gasteiger partial charge < -0.3 is 9.30 Å². The SMILES string of the molecule is Fc1cccc(CN2CCCn3cccc3C2c2cccc(Oc3ccccc3)c2)c1F. The Morgan fingerprint density at radius 2 is 1.62 bits per heavy atom. The fourth-order valence-electron chi connectivity index (χ4n) is 4.45. The lowest BCUT2D eigenvalue weighted by molar-refractivity contribution is 0.216. The first-order chi connectivity index (χ1) is 15.7. The molecule has 0 saturated heterocycles. The summed E-state index contributed by atoms with van der Waals surface area (Å²) in [7, 11) is 0. The molecule has 0 N–H and O–H groups in total. The van der Waals surface area contributed by atoms with Crippen LogP contribution in [0.1, 0.15) is 29.3 Å². The van der Waals surface area contributed by atoms with Crippen molar-refractivity contribution >= 4 is 0 Å². The first kappa shape index (κ1) is 20.5. The summed E-state index contributed by atoms with van der Waals surface area (Å²) in [5.41, 5.74) is 2.56. The van der Waals surface area contributed by atoms with Gasteiger partial charge in [0, 0.05) is 37.1 Å². The zero-order valence-electron chi connectivity index (χ0n) is 17.6. The summed E-state index contributed by atoms with van der Waals surface area (Å²) in [4.78, 5) is 2.22. The normalized spacial score (nSPS) is 16.4. The number of aryl methyl sites for hydroxylation is 1. The minimum atomic E-state index is -0.810. The summed E-state index contributed by atoms with van der Waals surface area (Å²) in [6.07, 6.45) is 3.01. The van der Waals surface area contributed by atoms with Crippen molar-refractivity contribution in [2.75, 3.05) is 6.54 Å². The quantitative estimate of drug-likeness (QED) is 0.357. The summed E-state index contributed by atoms with van der Waals surface area (Å²) in [5.74, 6) is -0.0666. The van der Waals surface area contributed by atoms with Crippen LogP contribution in [0.4, 0.5) is 8.78 Å². The van der Waals surface area contributed by atoms with Crippen molar-refractivity contribution in [2.45, 2.75) is 25.6 Å².